The number of nitrogens with zero attached hydrogens (tertiary/aromatic N) is 1. The number of carbonyl (C=O) groups is 1. The molecule has 0 saturated heterocycles. The first-order chi connectivity index (χ1) is 8.22. The van der Waals surface area contributed by atoms with Crippen LogP contribution in [0.5, 0.6) is 0 Å². The molecular weight excluding hydrogens is 212 g/mol. The molecule has 0 radical (unpaired) electrons. The molecule has 1 unspecified atom stereocenters. The highest BCUT2D eigenvalue weighted by molar-refractivity contribution is 5.81. The van der Waals surface area contributed by atoms with Crippen LogP contribution in [0, 0.1) is 0 Å². The predicted octanol–water partition coefficient (Wildman–Crippen LogP) is 2.28. The largest absolute Gasteiger partial charge is 0.383 e. The molecule has 0 aromatic heterocycles. The molecule has 0 aliphatic carbocycles. The maximum atomic E-state index is 12.2. The number of nitrogens with one attached hydrogen (secondary N) is 1. The van der Waals surface area contributed by atoms with Crippen molar-refractivity contribution in [3.63, 3.8) is 0 Å². The van der Waals surface area contributed by atoms with Crippen LogP contribution < -0.4 is 5.32 Å². The van der Waals surface area contributed by atoms with Crippen LogP contribution in [0.25, 0.3) is 0 Å². The third kappa shape index (κ3) is 2.60. The van der Waals surface area contributed by atoms with Crippen LogP contribution >= 0.6 is 0 Å². The lowest BCUT2D eigenvalue weighted by atomic mass is 10.1. The minimum Gasteiger partial charge on any atom is -0.383 e. The van der Waals surface area contributed by atoms with Gasteiger partial charge in [-0.15, -0.1) is 0 Å². The highest BCUT2D eigenvalue weighted by Gasteiger charge is 2.21. The number of hydrogen-bond acceptors (Lipinski definition) is 2. The second kappa shape index (κ2) is 5.21. The van der Waals surface area contributed by atoms with Gasteiger partial charge >= 0.3 is 0 Å². The van der Waals surface area contributed by atoms with E-state index in [1.54, 1.807) is 0 Å². The van der Waals surface area contributed by atoms with E-state index in [0.29, 0.717) is 12.5 Å². The lowest BCUT2D eigenvalue weighted by molar-refractivity contribution is -0.132. The van der Waals surface area contributed by atoms with Gasteiger partial charge in [0.25, 0.3) is 0 Å². The molecule has 0 saturated carbocycles. The molecule has 0 bridgehead atoms. The third-order valence-electron chi connectivity index (χ3n) is 3.47. The standard InChI is InChI=1S/C14H20N2O/c1-3-11(2)16-9-8-15-13-7-5-4-6-12(13)10-14(16)17/h4-7,11,15H,3,8-10H2,1-2H3. The normalized spacial score (nSPS) is 17.8. The van der Waals surface area contributed by atoms with Crippen molar-refractivity contribution in [1.82, 2.24) is 4.90 Å². The fourth-order valence-corrected chi connectivity index (χ4v) is 2.23. The Morgan fingerprint density at radius 3 is 2.94 bits per heavy atom. The summed E-state index contributed by atoms with van der Waals surface area (Å²) in [5, 5.41) is 3.40. The zero-order valence-electron chi connectivity index (χ0n) is 10.6. The third-order valence-corrected chi connectivity index (χ3v) is 3.47. The lowest BCUT2D eigenvalue weighted by Crippen LogP contribution is -2.43. The number of amides is 1. The van der Waals surface area contributed by atoms with Crippen LogP contribution in [0.15, 0.2) is 24.3 Å². The number of benzene rings is 1. The van der Waals surface area contributed by atoms with E-state index in [1.807, 2.05) is 29.2 Å². The fraction of sp³-hybridized carbons (Fsp3) is 0.500. The average molecular weight is 232 g/mol. The van der Waals surface area contributed by atoms with E-state index >= 15 is 0 Å². The minimum atomic E-state index is 0.244. The van der Waals surface area contributed by atoms with Crippen molar-refractivity contribution in [3.05, 3.63) is 29.8 Å². The summed E-state index contributed by atoms with van der Waals surface area (Å²) in [5.41, 5.74) is 2.20. The SMILES string of the molecule is CCC(C)N1CCNc2ccccc2CC1=O. The van der Waals surface area contributed by atoms with Crippen LogP contribution in [0.2, 0.25) is 0 Å². The summed E-state index contributed by atoms with van der Waals surface area (Å²) in [7, 11) is 0. The average Bonchev–Trinajstić information content (AvgIpc) is 2.33. The molecule has 1 aromatic carbocycles. The lowest BCUT2D eigenvalue weighted by Gasteiger charge is -2.31. The van der Waals surface area contributed by atoms with Gasteiger partial charge in [-0.3, -0.25) is 4.79 Å². The molecule has 3 heteroatoms. The molecule has 1 aliphatic heterocycles. The zero-order chi connectivity index (χ0) is 12.3. The Balaban J connectivity index is 2.20. The molecule has 0 fully saturated rings. The van der Waals surface area contributed by atoms with Gasteiger partial charge in [-0.1, -0.05) is 25.1 Å². The second-order valence-corrected chi connectivity index (χ2v) is 4.61. The number of anilines is 1. The Kier molecular flexibility index (Phi) is 3.67. The summed E-state index contributed by atoms with van der Waals surface area (Å²) >= 11 is 0. The van der Waals surface area contributed by atoms with Gasteiger partial charge in [0.1, 0.15) is 0 Å². The fourth-order valence-electron chi connectivity index (χ4n) is 2.23. The molecule has 1 aliphatic rings. The van der Waals surface area contributed by atoms with Crippen LogP contribution in [0.3, 0.4) is 0 Å². The van der Waals surface area contributed by atoms with E-state index < -0.39 is 0 Å². The van der Waals surface area contributed by atoms with Crippen molar-refractivity contribution in [3.8, 4) is 0 Å². The molecule has 3 nitrogen and oxygen atoms in total. The summed E-state index contributed by atoms with van der Waals surface area (Å²) in [4.78, 5) is 14.2. The van der Waals surface area contributed by atoms with Crippen LogP contribution in [-0.4, -0.2) is 29.9 Å². The zero-order valence-corrected chi connectivity index (χ0v) is 10.6. The molecular formula is C14H20N2O. The second-order valence-electron chi connectivity index (χ2n) is 4.61. The van der Waals surface area contributed by atoms with E-state index in [1.165, 1.54) is 0 Å². The maximum absolute atomic E-state index is 12.2. The molecule has 1 aromatic rings. The smallest absolute Gasteiger partial charge is 0.227 e. The van der Waals surface area contributed by atoms with E-state index in [-0.39, 0.29) is 5.91 Å². The molecule has 17 heavy (non-hydrogen) atoms. The highest BCUT2D eigenvalue weighted by atomic mass is 16.2. The molecule has 1 atom stereocenters. The van der Waals surface area contributed by atoms with Gasteiger partial charge in [-0.25, -0.2) is 0 Å². The quantitative estimate of drug-likeness (QED) is 0.848. The minimum absolute atomic E-state index is 0.244. The summed E-state index contributed by atoms with van der Waals surface area (Å²) in [6.07, 6.45) is 1.51. The van der Waals surface area contributed by atoms with Crippen molar-refractivity contribution < 1.29 is 4.79 Å². The number of rotatable bonds is 2. The van der Waals surface area contributed by atoms with E-state index in [9.17, 15) is 4.79 Å². The van der Waals surface area contributed by atoms with Gasteiger partial charge in [0.15, 0.2) is 0 Å². The van der Waals surface area contributed by atoms with Crippen LogP contribution in [-0.2, 0) is 11.2 Å². The van der Waals surface area contributed by atoms with Gasteiger partial charge in [0.05, 0.1) is 6.42 Å². The number of fused-ring (bicyclic) bond motifs is 1. The predicted molar refractivity (Wildman–Crippen MR) is 70.1 cm³/mol. The number of carbonyl (C=O) groups excluding carboxylic acids is 1. The van der Waals surface area contributed by atoms with Crippen molar-refractivity contribution in [1.29, 1.82) is 0 Å². The van der Waals surface area contributed by atoms with Gasteiger partial charge < -0.3 is 10.2 Å². The summed E-state index contributed by atoms with van der Waals surface area (Å²) in [6, 6.07) is 8.39. The molecule has 2 rings (SSSR count). The first-order valence-electron chi connectivity index (χ1n) is 6.33. The summed E-state index contributed by atoms with van der Waals surface area (Å²) in [5.74, 6) is 0.244. The summed E-state index contributed by atoms with van der Waals surface area (Å²) < 4.78 is 0. The number of para-hydroxylation sites is 1. The Hall–Kier alpha value is -1.51. The van der Waals surface area contributed by atoms with Crippen molar-refractivity contribution >= 4 is 11.6 Å². The Bertz CT molecular complexity index is 403. The van der Waals surface area contributed by atoms with Crippen LogP contribution in [0.4, 0.5) is 5.69 Å². The van der Waals surface area contributed by atoms with Gasteiger partial charge in [-0.05, 0) is 25.0 Å². The maximum Gasteiger partial charge on any atom is 0.227 e. The summed E-state index contributed by atoms with van der Waals surface area (Å²) in [6.45, 7) is 5.86. The molecule has 1 N–H and O–H groups in total. The molecule has 1 amide bonds. The van der Waals surface area contributed by atoms with Crippen molar-refractivity contribution in [2.24, 2.45) is 0 Å². The Morgan fingerprint density at radius 1 is 1.41 bits per heavy atom. The highest BCUT2D eigenvalue weighted by Crippen LogP contribution is 2.19. The van der Waals surface area contributed by atoms with Gasteiger partial charge in [0, 0.05) is 24.8 Å². The Labute approximate surface area is 103 Å². The first-order valence-corrected chi connectivity index (χ1v) is 6.33. The van der Waals surface area contributed by atoms with Gasteiger partial charge in [0.2, 0.25) is 5.91 Å². The van der Waals surface area contributed by atoms with E-state index in [2.05, 4.69) is 19.2 Å². The van der Waals surface area contributed by atoms with Crippen LogP contribution in [0.1, 0.15) is 25.8 Å². The van der Waals surface area contributed by atoms with Gasteiger partial charge in [-0.2, -0.15) is 0 Å². The van der Waals surface area contributed by atoms with E-state index in [0.717, 1.165) is 30.8 Å². The molecule has 92 valence electrons. The van der Waals surface area contributed by atoms with Crippen molar-refractivity contribution in [2.45, 2.75) is 32.7 Å². The van der Waals surface area contributed by atoms with Crippen molar-refractivity contribution in [2.75, 3.05) is 18.4 Å². The van der Waals surface area contributed by atoms with E-state index in [4.69, 9.17) is 0 Å². The first kappa shape index (κ1) is 12.0. The monoisotopic (exact) mass is 232 g/mol. The number of hydrogen-bond donors (Lipinski definition) is 1. The topological polar surface area (TPSA) is 32.3 Å². The molecule has 1 heterocycles. The Morgan fingerprint density at radius 2 is 2.18 bits per heavy atom. The molecule has 0 spiro atoms.